The molecule has 2 atom stereocenters. The van der Waals surface area contributed by atoms with Crippen molar-refractivity contribution in [2.75, 3.05) is 24.7 Å². The molecule has 0 radical (unpaired) electrons. The molecule has 7 rings (SSSR count). The van der Waals surface area contributed by atoms with E-state index in [1.54, 1.807) is 44.7 Å². The van der Waals surface area contributed by atoms with Gasteiger partial charge in [0.1, 0.15) is 17.3 Å². The lowest BCUT2D eigenvalue weighted by atomic mass is 9.91. The van der Waals surface area contributed by atoms with Gasteiger partial charge in [0, 0.05) is 54.8 Å². The van der Waals surface area contributed by atoms with Crippen LogP contribution in [0.25, 0.3) is 16.7 Å². The lowest BCUT2D eigenvalue weighted by Gasteiger charge is -2.24. The molecule has 9 heteroatoms. The van der Waals surface area contributed by atoms with Crippen LogP contribution < -0.4 is 20.7 Å². The van der Waals surface area contributed by atoms with Crippen LogP contribution in [0.2, 0.25) is 0 Å². The third-order valence-corrected chi connectivity index (χ3v) is 8.32. The van der Waals surface area contributed by atoms with Crippen LogP contribution in [0.1, 0.15) is 25.3 Å². The van der Waals surface area contributed by atoms with Gasteiger partial charge in [-0.1, -0.05) is 18.2 Å². The summed E-state index contributed by atoms with van der Waals surface area (Å²) in [4.78, 5) is 31.8. The van der Waals surface area contributed by atoms with E-state index in [1.807, 2.05) is 43.3 Å². The molecule has 3 amide bonds. The molecule has 216 valence electrons. The zero-order valence-corrected chi connectivity index (χ0v) is 24.0. The molecule has 2 aromatic carbocycles. The average Bonchev–Trinajstić information content (AvgIpc) is 3.87. The number of rotatable bonds is 6. The van der Waals surface area contributed by atoms with E-state index in [1.165, 1.54) is 17.0 Å². The summed E-state index contributed by atoms with van der Waals surface area (Å²) in [7, 11) is 3.35. The molecule has 1 unspecified atom stereocenters. The minimum absolute atomic E-state index is 0.0864. The van der Waals surface area contributed by atoms with Crippen LogP contribution in [0.5, 0.6) is 5.75 Å². The molecule has 4 aliphatic rings. The Morgan fingerprint density at radius 2 is 1.93 bits per heavy atom. The Hall–Kier alpha value is -5.18. The fourth-order valence-electron chi connectivity index (χ4n) is 5.77. The van der Waals surface area contributed by atoms with Crippen LogP contribution in [0.4, 0.5) is 20.6 Å². The maximum absolute atomic E-state index is 13.9. The van der Waals surface area contributed by atoms with Crippen molar-refractivity contribution in [2.24, 2.45) is 5.92 Å². The number of urea groups is 1. The van der Waals surface area contributed by atoms with Crippen LogP contribution in [0.15, 0.2) is 102 Å². The number of benzene rings is 2. The number of aromatic nitrogens is 1. The first-order valence-corrected chi connectivity index (χ1v) is 14.2. The molecule has 8 nitrogen and oxygen atoms in total. The summed E-state index contributed by atoms with van der Waals surface area (Å²) in [6.07, 6.45) is 10.5. The summed E-state index contributed by atoms with van der Waals surface area (Å²) < 4.78 is 19.6. The second-order valence-electron chi connectivity index (χ2n) is 11.5. The maximum atomic E-state index is 13.9. The van der Waals surface area contributed by atoms with Crippen LogP contribution >= 0.6 is 0 Å². The van der Waals surface area contributed by atoms with Crippen LogP contribution in [-0.4, -0.2) is 41.5 Å². The molecule has 43 heavy (non-hydrogen) atoms. The number of amides is 3. The van der Waals surface area contributed by atoms with Crippen molar-refractivity contribution in [3.63, 3.8) is 0 Å². The number of nitrogens with zero attached hydrogens (tertiary/aromatic N) is 2. The summed E-state index contributed by atoms with van der Waals surface area (Å²) in [6.45, 7) is 1.95. The predicted molar refractivity (Wildman–Crippen MR) is 163 cm³/mol. The molecule has 0 saturated heterocycles. The SMILES string of the molecule is CC1=C(Oc2cccc(F)c2)C=CC(NC(=O)C2=C3C4C[C@]34Nc3ccc(-c4cncc(NC(=O)N(C)C)c4)cc32)=CC1. The van der Waals surface area contributed by atoms with Crippen molar-refractivity contribution in [3.05, 3.63) is 113 Å². The van der Waals surface area contributed by atoms with Gasteiger partial charge in [0.05, 0.1) is 23.0 Å². The highest BCUT2D eigenvalue weighted by Crippen LogP contribution is 2.76. The molecule has 3 aromatic rings. The van der Waals surface area contributed by atoms with Crippen molar-refractivity contribution >= 4 is 28.9 Å². The van der Waals surface area contributed by atoms with E-state index in [4.69, 9.17) is 4.74 Å². The zero-order valence-electron chi connectivity index (χ0n) is 24.0. The van der Waals surface area contributed by atoms with Gasteiger partial charge in [-0.2, -0.15) is 0 Å². The van der Waals surface area contributed by atoms with Gasteiger partial charge in [-0.15, -0.1) is 0 Å². The topological polar surface area (TPSA) is 95.6 Å². The Kier molecular flexibility index (Phi) is 6.19. The van der Waals surface area contributed by atoms with E-state index in [9.17, 15) is 14.0 Å². The van der Waals surface area contributed by atoms with Gasteiger partial charge >= 0.3 is 6.03 Å². The minimum atomic E-state index is -0.365. The Morgan fingerprint density at radius 1 is 1.07 bits per heavy atom. The number of ether oxygens (including phenoxy) is 1. The van der Waals surface area contributed by atoms with Crippen molar-refractivity contribution in [1.29, 1.82) is 0 Å². The summed E-state index contributed by atoms with van der Waals surface area (Å²) in [5.74, 6) is 0.888. The molecule has 1 aromatic heterocycles. The second kappa shape index (κ2) is 9.97. The minimum Gasteiger partial charge on any atom is -0.457 e. The Morgan fingerprint density at radius 3 is 2.72 bits per heavy atom. The summed E-state index contributed by atoms with van der Waals surface area (Å²) in [5, 5.41) is 9.61. The molecule has 2 saturated carbocycles. The van der Waals surface area contributed by atoms with Gasteiger partial charge in [-0.05, 0) is 79.0 Å². The van der Waals surface area contributed by atoms with Crippen molar-refractivity contribution in [1.82, 2.24) is 15.2 Å². The van der Waals surface area contributed by atoms with Gasteiger partial charge in [-0.3, -0.25) is 9.78 Å². The molecule has 1 spiro atoms. The van der Waals surface area contributed by atoms with E-state index >= 15 is 0 Å². The molecule has 0 bridgehead atoms. The van der Waals surface area contributed by atoms with Crippen LogP contribution in [-0.2, 0) is 4.79 Å². The number of fused-ring (bicyclic) bond motifs is 2. The number of anilines is 2. The monoisotopic (exact) mass is 575 g/mol. The van der Waals surface area contributed by atoms with Crippen LogP contribution in [0.3, 0.4) is 0 Å². The van der Waals surface area contributed by atoms with Gasteiger partial charge < -0.3 is 25.6 Å². The molecule has 3 N–H and O–H groups in total. The number of allylic oxidation sites excluding steroid dienone is 4. The summed E-state index contributed by atoms with van der Waals surface area (Å²) >= 11 is 0. The van der Waals surface area contributed by atoms with E-state index in [0.717, 1.165) is 39.9 Å². The van der Waals surface area contributed by atoms with Crippen molar-refractivity contribution in [3.8, 4) is 16.9 Å². The third kappa shape index (κ3) is 4.86. The van der Waals surface area contributed by atoms with E-state index in [-0.39, 0.29) is 23.3 Å². The van der Waals surface area contributed by atoms with E-state index in [2.05, 4.69) is 20.9 Å². The highest BCUT2D eigenvalue weighted by atomic mass is 19.1. The van der Waals surface area contributed by atoms with E-state index in [0.29, 0.717) is 40.8 Å². The quantitative estimate of drug-likeness (QED) is 0.323. The van der Waals surface area contributed by atoms with Gasteiger partial charge in [0.25, 0.3) is 5.91 Å². The number of pyridine rings is 1. The summed E-state index contributed by atoms with van der Waals surface area (Å²) in [5.41, 5.74) is 7.47. The highest BCUT2D eigenvalue weighted by Gasteiger charge is 2.78. The highest BCUT2D eigenvalue weighted by molar-refractivity contribution is 6.26. The average molecular weight is 576 g/mol. The third-order valence-electron chi connectivity index (χ3n) is 8.32. The molecular weight excluding hydrogens is 545 g/mol. The zero-order chi connectivity index (χ0) is 29.9. The number of halogens is 1. The number of carbonyl (C=O) groups is 2. The van der Waals surface area contributed by atoms with Crippen molar-refractivity contribution < 1.29 is 18.7 Å². The predicted octanol–water partition coefficient (Wildman–Crippen LogP) is 6.25. The van der Waals surface area contributed by atoms with Gasteiger partial charge in [0.2, 0.25) is 0 Å². The van der Waals surface area contributed by atoms with Crippen molar-refractivity contribution in [2.45, 2.75) is 25.3 Å². The first kappa shape index (κ1) is 26.7. The molecular formula is C34H30FN5O3. The first-order chi connectivity index (χ1) is 20.7. The van der Waals surface area contributed by atoms with Crippen LogP contribution in [0, 0.1) is 11.7 Å². The largest absolute Gasteiger partial charge is 0.457 e. The van der Waals surface area contributed by atoms with Gasteiger partial charge in [-0.25, -0.2) is 9.18 Å². The molecule has 2 fully saturated rings. The molecule has 1 aliphatic heterocycles. The normalized spacial score (nSPS) is 20.9. The number of nitrogens with one attached hydrogen (secondary N) is 3. The fraction of sp³-hybridized carbons (Fsp3) is 0.206. The number of carbonyl (C=O) groups excluding carboxylic acids is 2. The molecule has 3 aliphatic carbocycles. The van der Waals surface area contributed by atoms with E-state index < -0.39 is 0 Å². The molecule has 2 heterocycles. The Balaban J connectivity index is 1.13. The smallest absolute Gasteiger partial charge is 0.321 e. The summed E-state index contributed by atoms with van der Waals surface area (Å²) in [6, 6.07) is 13.7. The standard InChI is InChI=1S/C34H30FN5O3/c1-19-7-9-23(10-12-29(19)43-25-6-4-5-22(35)15-25)37-32(41)30-26-14-20(8-11-28(26)39-34-16-27(34)31(30)34)21-13-24(18-36-17-21)38-33(42)40(2)3/h4-6,8-15,17-18,27,39H,7,16H2,1-3H3,(H,37,41)(H,38,42)/t27?,34-/m1/s1. The van der Waals surface area contributed by atoms with Gasteiger partial charge in [0.15, 0.2) is 0 Å². The maximum Gasteiger partial charge on any atom is 0.321 e. The lowest BCUT2D eigenvalue weighted by Crippen LogP contribution is -2.28. The first-order valence-electron chi connectivity index (χ1n) is 14.2. The Bertz CT molecular complexity index is 1840. The lowest BCUT2D eigenvalue weighted by molar-refractivity contribution is -0.114. The fourth-order valence-corrected chi connectivity index (χ4v) is 5.77. The Labute approximate surface area is 248 Å². The number of hydrogen-bond donors (Lipinski definition) is 3. The second-order valence-corrected chi connectivity index (χ2v) is 11.5. The number of hydrogen-bond acceptors (Lipinski definition) is 5.